The summed E-state index contributed by atoms with van der Waals surface area (Å²) in [6.45, 7) is 1.49. The predicted molar refractivity (Wildman–Crippen MR) is 94.9 cm³/mol. The first kappa shape index (κ1) is 17.5. The van der Waals surface area contributed by atoms with Gasteiger partial charge >= 0.3 is 0 Å². The molecule has 122 valence electrons. The van der Waals surface area contributed by atoms with E-state index in [-0.39, 0.29) is 5.12 Å². The zero-order chi connectivity index (χ0) is 16.7. The summed E-state index contributed by atoms with van der Waals surface area (Å²) >= 11 is 1.15. The van der Waals surface area contributed by atoms with E-state index in [0.717, 1.165) is 23.1 Å². The van der Waals surface area contributed by atoms with Gasteiger partial charge in [0.2, 0.25) is 0 Å². The lowest BCUT2D eigenvalue weighted by atomic mass is 10.0. The lowest BCUT2D eigenvalue weighted by molar-refractivity contribution is -0.109. The molecule has 0 aromatic heterocycles. The van der Waals surface area contributed by atoms with Gasteiger partial charge in [-0.15, -0.1) is 0 Å². The average Bonchev–Trinajstić information content (AvgIpc) is 2.55. The molecule has 0 amide bonds. The van der Waals surface area contributed by atoms with Crippen LogP contribution in [0.2, 0.25) is 0 Å². The molecule has 0 spiro atoms. The first-order valence-corrected chi connectivity index (χ1v) is 8.47. The second kappa shape index (κ2) is 8.72. The first-order valence-electron chi connectivity index (χ1n) is 7.48. The topological polar surface area (TPSA) is 69.6 Å². The molecular weight excluding hydrogens is 310 g/mol. The molecule has 5 heteroatoms. The van der Waals surface area contributed by atoms with E-state index in [9.17, 15) is 15.0 Å². The molecule has 2 unspecified atom stereocenters. The van der Waals surface area contributed by atoms with Crippen LogP contribution in [0, 0.1) is 0 Å². The number of hydrogen-bond acceptors (Lipinski definition) is 5. The van der Waals surface area contributed by atoms with Crippen LogP contribution in [0.15, 0.2) is 54.6 Å². The van der Waals surface area contributed by atoms with E-state index < -0.39 is 12.2 Å². The highest BCUT2D eigenvalue weighted by atomic mass is 32.2. The van der Waals surface area contributed by atoms with Gasteiger partial charge in [0.25, 0.3) is 0 Å². The van der Waals surface area contributed by atoms with Crippen molar-refractivity contribution < 1.29 is 15.0 Å². The Balaban J connectivity index is 2.07. The summed E-state index contributed by atoms with van der Waals surface area (Å²) in [5.74, 6) is 0.488. The maximum atomic E-state index is 10.9. The van der Waals surface area contributed by atoms with Crippen LogP contribution < -0.4 is 5.32 Å². The van der Waals surface area contributed by atoms with Crippen molar-refractivity contribution in [3.8, 4) is 0 Å². The van der Waals surface area contributed by atoms with Crippen LogP contribution >= 0.6 is 11.8 Å². The number of anilines is 2. The molecule has 4 nitrogen and oxygen atoms in total. The van der Waals surface area contributed by atoms with Gasteiger partial charge in [-0.1, -0.05) is 48.2 Å². The molecule has 0 aliphatic heterocycles. The van der Waals surface area contributed by atoms with Crippen molar-refractivity contribution in [3.05, 3.63) is 60.2 Å². The molecule has 0 fully saturated rings. The van der Waals surface area contributed by atoms with Crippen molar-refractivity contribution >= 4 is 28.3 Å². The van der Waals surface area contributed by atoms with E-state index in [4.69, 9.17) is 0 Å². The second-order valence-corrected chi connectivity index (χ2v) is 6.49. The molecule has 0 heterocycles. The fourth-order valence-corrected chi connectivity index (χ4v) is 2.88. The molecule has 0 aliphatic rings. The summed E-state index contributed by atoms with van der Waals surface area (Å²) in [4.78, 5) is 10.9. The molecule has 0 aliphatic carbocycles. The third-order valence-electron chi connectivity index (χ3n) is 3.42. The quantitative estimate of drug-likeness (QED) is 0.724. The second-order valence-electron chi connectivity index (χ2n) is 5.22. The van der Waals surface area contributed by atoms with Gasteiger partial charge in [-0.3, -0.25) is 4.79 Å². The van der Waals surface area contributed by atoms with Crippen molar-refractivity contribution in [2.45, 2.75) is 25.6 Å². The van der Waals surface area contributed by atoms with E-state index in [1.165, 1.54) is 6.92 Å². The van der Waals surface area contributed by atoms with Gasteiger partial charge in [-0.05, 0) is 24.6 Å². The van der Waals surface area contributed by atoms with Gasteiger partial charge in [-0.25, -0.2) is 0 Å². The van der Waals surface area contributed by atoms with Crippen molar-refractivity contribution in [2.75, 3.05) is 11.1 Å². The molecule has 2 aromatic rings. The van der Waals surface area contributed by atoms with Crippen LogP contribution in [-0.4, -0.2) is 27.2 Å². The maximum Gasteiger partial charge on any atom is 0.185 e. The number of thioether (sulfide) groups is 1. The minimum Gasteiger partial charge on any atom is -0.390 e. The third kappa shape index (κ3) is 5.39. The summed E-state index contributed by atoms with van der Waals surface area (Å²) in [6, 6.07) is 17.0. The number of carbonyl (C=O) groups is 1. The fourth-order valence-electron chi connectivity index (χ4n) is 2.23. The van der Waals surface area contributed by atoms with Gasteiger partial charge in [-0.2, -0.15) is 0 Å². The maximum absolute atomic E-state index is 10.9. The van der Waals surface area contributed by atoms with E-state index in [1.54, 1.807) is 6.07 Å². The lowest BCUT2D eigenvalue weighted by Gasteiger charge is -2.21. The normalized spacial score (nSPS) is 13.3. The number of benzene rings is 2. The Morgan fingerprint density at radius 3 is 2.43 bits per heavy atom. The Labute approximate surface area is 140 Å². The number of hydrogen-bond donors (Lipinski definition) is 3. The smallest absolute Gasteiger partial charge is 0.185 e. The number of rotatable bonds is 7. The van der Waals surface area contributed by atoms with Crippen molar-refractivity contribution in [1.29, 1.82) is 0 Å². The molecule has 0 saturated carbocycles. The molecule has 0 bridgehead atoms. The minimum atomic E-state index is -1.00. The molecule has 23 heavy (non-hydrogen) atoms. The first-order chi connectivity index (χ1) is 11.1. The molecule has 0 radical (unpaired) electrons. The highest BCUT2D eigenvalue weighted by Crippen LogP contribution is 2.29. The number of aliphatic hydroxyl groups excluding tert-OH is 2. The highest BCUT2D eigenvalue weighted by molar-refractivity contribution is 8.13. The summed E-state index contributed by atoms with van der Waals surface area (Å²) < 4.78 is 0. The Morgan fingerprint density at radius 2 is 1.74 bits per heavy atom. The summed E-state index contributed by atoms with van der Waals surface area (Å²) in [5.41, 5.74) is 2.30. The van der Waals surface area contributed by atoms with E-state index in [0.29, 0.717) is 17.7 Å². The van der Waals surface area contributed by atoms with Crippen LogP contribution in [0.3, 0.4) is 0 Å². The highest BCUT2D eigenvalue weighted by Gasteiger charge is 2.21. The predicted octanol–water partition coefficient (Wildman–Crippen LogP) is 3.49. The Hall–Kier alpha value is -1.82. The van der Waals surface area contributed by atoms with Crippen molar-refractivity contribution in [1.82, 2.24) is 0 Å². The zero-order valence-electron chi connectivity index (χ0n) is 13.0. The minimum absolute atomic E-state index is 0.0119. The van der Waals surface area contributed by atoms with Crippen molar-refractivity contribution in [2.24, 2.45) is 0 Å². The summed E-state index contributed by atoms with van der Waals surface area (Å²) in [7, 11) is 0. The number of para-hydroxylation sites is 2. The van der Waals surface area contributed by atoms with Gasteiger partial charge in [0.1, 0.15) is 6.10 Å². The number of aliphatic hydroxyl groups is 2. The van der Waals surface area contributed by atoms with Gasteiger partial charge in [0.05, 0.1) is 6.10 Å². The van der Waals surface area contributed by atoms with Crippen LogP contribution in [0.4, 0.5) is 11.4 Å². The Bertz CT molecular complexity index is 633. The third-order valence-corrected chi connectivity index (χ3v) is 4.26. The number of carbonyl (C=O) groups excluding carboxylic acids is 1. The van der Waals surface area contributed by atoms with E-state index in [1.807, 2.05) is 48.5 Å². The van der Waals surface area contributed by atoms with E-state index >= 15 is 0 Å². The fraction of sp³-hybridized carbons (Fsp3) is 0.278. The van der Waals surface area contributed by atoms with Gasteiger partial charge < -0.3 is 15.5 Å². The zero-order valence-corrected chi connectivity index (χ0v) is 13.8. The van der Waals surface area contributed by atoms with E-state index in [2.05, 4.69) is 5.32 Å². The lowest BCUT2D eigenvalue weighted by Crippen LogP contribution is -2.20. The van der Waals surface area contributed by atoms with Crippen LogP contribution in [0.1, 0.15) is 25.0 Å². The largest absolute Gasteiger partial charge is 0.390 e. The molecule has 2 atom stereocenters. The summed E-state index contributed by atoms with van der Waals surface area (Å²) in [6.07, 6.45) is -1.57. The average molecular weight is 331 g/mol. The molecular formula is C18H21NO3S. The Morgan fingerprint density at radius 1 is 1.09 bits per heavy atom. The molecule has 0 saturated heterocycles. The van der Waals surface area contributed by atoms with Crippen LogP contribution in [-0.2, 0) is 4.79 Å². The van der Waals surface area contributed by atoms with Gasteiger partial charge in [0.15, 0.2) is 5.12 Å². The monoisotopic (exact) mass is 331 g/mol. The standard InChI is InChI=1S/C18H21NO3S/c1-13(20)23-12-11-17(21)18(22)15-9-5-6-10-16(15)19-14-7-3-2-4-8-14/h2-10,17-19,21-22H,11-12H2,1H3. The SMILES string of the molecule is CC(=O)SCCC(O)C(O)c1ccccc1Nc1ccccc1. The van der Waals surface area contributed by atoms with Crippen molar-refractivity contribution in [3.63, 3.8) is 0 Å². The Kier molecular flexibility index (Phi) is 6.65. The summed E-state index contributed by atoms with van der Waals surface area (Å²) in [5, 5.41) is 23.9. The van der Waals surface area contributed by atoms with Crippen LogP contribution in [0.5, 0.6) is 0 Å². The molecule has 3 N–H and O–H groups in total. The number of nitrogens with one attached hydrogen (secondary N) is 1. The van der Waals surface area contributed by atoms with Crippen LogP contribution in [0.25, 0.3) is 0 Å². The van der Waals surface area contributed by atoms with Gasteiger partial charge in [0, 0.05) is 29.6 Å². The molecule has 2 aromatic carbocycles. The molecule has 2 rings (SSSR count).